The van der Waals surface area contributed by atoms with E-state index in [0.717, 1.165) is 62.0 Å². The molecular formula is C23H24Cl2N4O2S. The van der Waals surface area contributed by atoms with E-state index in [1.807, 2.05) is 0 Å². The van der Waals surface area contributed by atoms with Gasteiger partial charge in [0.25, 0.3) is 5.56 Å². The van der Waals surface area contributed by atoms with Crippen LogP contribution in [0.4, 0.5) is 5.69 Å². The van der Waals surface area contributed by atoms with Gasteiger partial charge in [-0.15, -0.1) is 11.3 Å². The van der Waals surface area contributed by atoms with Crippen molar-refractivity contribution >= 4 is 56.3 Å². The minimum absolute atomic E-state index is 0.0975. The highest BCUT2D eigenvalue weighted by atomic mass is 35.5. The maximum atomic E-state index is 13.6. The molecule has 0 atom stereocenters. The Balaban J connectivity index is 1.52. The quantitative estimate of drug-likeness (QED) is 0.553. The van der Waals surface area contributed by atoms with Crippen molar-refractivity contribution in [3.8, 4) is 0 Å². The molecule has 6 nitrogen and oxygen atoms in total. The van der Waals surface area contributed by atoms with E-state index in [0.29, 0.717) is 33.5 Å². The number of hydrogen-bond donors (Lipinski definition) is 1. The summed E-state index contributed by atoms with van der Waals surface area (Å²) in [6.45, 7) is 2.45. The zero-order valence-corrected chi connectivity index (χ0v) is 20.0. The van der Waals surface area contributed by atoms with E-state index in [2.05, 4.69) is 10.2 Å². The zero-order chi connectivity index (χ0) is 22.2. The Bertz CT molecular complexity index is 1230. The Morgan fingerprint density at radius 2 is 1.78 bits per heavy atom. The molecule has 9 heteroatoms. The Labute approximate surface area is 200 Å². The fourth-order valence-electron chi connectivity index (χ4n) is 4.68. The Kier molecular flexibility index (Phi) is 6.25. The molecule has 1 fully saturated rings. The van der Waals surface area contributed by atoms with Crippen molar-refractivity contribution in [2.24, 2.45) is 0 Å². The first-order valence-electron chi connectivity index (χ1n) is 11.0. The van der Waals surface area contributed by atoms with Gasteiger partial charge in [0.2, 0.25) is 5.91 Å². The lowest BCUT2D eigenvalue weighted by atomic mass is 9.97. The maximum absolute atomic E-state index is 13.6. The normalized spacial score (nSPS) is 16.4. The number of aromatic nitrogens is 2. The molecule has 1 amide bonds. The number of anilines is 1. The summed E-state index contributed by atoms with van der Waals surface area (Å²) in [7, 11) is 0. The Morgan fingerprint density at radius 1 is 1.06 bits per heavy atom. The van der Waals surface area contributed by atoms with E-state index in [9.17, 15) is 9.59 Å². The van der Waals surface area contributed by atoms with Gasteiger partial charge in [0.1, 0.15) is 17.2 Å². The van der Waals surface area contributed by atoms with Crippen molar-refractivity contribution in [3.63, 3.8) is 0 Å². The van der Waals surface area contributed by atoms with Gasteiger partial charge in [0, 0.05) is 20.6 Å². The third kappa shape index (κ3) is 4.44. The largest absolute Gasteiger partial charge is 0.324 e. The molecule has 1 N–H and O–H groups in total. The van der Waals surface area contributed by atoms with Gasteiger partial charge in [-0.1, -0.05) is 23.2 Å². The minimum atomic E-state index is -0.307. The summed E-state index contributed by atoms with van der Waals surface area (Å²) in [6, 6.07) is 4.88. The van der Waals surface area contributed by atoms with Crippen molar-refractivity contribution < 1.29 is 4.79 Å². The zero-order valence-electron chi connectivity index (χ0n) is 17.6. The summed E-state index contributed by atoms with van der Waals surface area (Å²) in [5.74, 6) is 0.348. The van der Waals surface area contributed by atoms with Crippen LogP contribution in [0.25, 0.3) is 10.2 Å². The number of carbonyl (C=O) groups excluding carboxylic acids is 1. The van der Waals surface area contributed by atoms with Gasteiger partial charge in [0.05, 0.1) is 11.9 Å². The summed E-state index contributed by atoms with van der Waals surface area (Å²) in [5, 5.41) is 4.40. The van der Waals surface area contributed by atoms with Crippen LogP contribution in [0.1, 0.15) is 41.9 Å². The number of halogens is 2. The standard InChI is InChI=1S/C23H24Cl2N4O2S/c24-14-9-15(25)11-16(10-14)26-20(30)13-29-19(12-28-7-3-4-8-28)27-22-21(23(29)31)17-5-1-2-6-18(17)32-22/h9-11H,1-8,12-13H2,(H,26,30). The van der Waals surface area contributed by atoms with Crippen molar-refractivity contribution in [2.45, 2.75) is 51.6 Å². The lowest BCUT2D eigenvalue weighted by Gasteiger charge is -2.18. The first kappa shape index (κ1) is 21.9. The number of benzene rings is 1. The molecule has 0 spiro atoms. The average Bonchev–Trinajstić information content (AvgIpc) is 3.37. The third-order valence-electron chi connectivity index (χ3n) is 6.17. The molecule has 1 aliphatic heterocycles. The molecule has 0 bridgehead atoms. The number of nitrogens with zero attached hydrogens (tertiary/aromatic N) is 3. The lowest BCUT2D eigenvalue weighted by molar-refractivity contribution is -0.116. The Hall–Kier alpha value is -1.93. The number of rotatable bonds is 5. The van der Waals surface area contributed by atoms with Crippen LogP contribution in [0.3, 0.4) is 0 Å². The molecular weight excluding hydrogens is 467 g/mol. The molecule has 1 aliphatic carbocycles. The number of fused-ring (bicyclic) bond motifs is 3. The number of nitrogens with one attached hydrogen (secondary N) is 1. The summed E-state index contributed by atoms with van der Waals surface area (Å²) in [5.41, 5.74) is 1.53. The molecule has 3 aromatic rings. The van der Waals surface area contributed by atoms with E-state index in [1.54, 1.807) is 34.1 Å². The van der Waals surface area contributed by atoms with Crippen LogP contribution in [0.15, 0.2) is 23.0 Å². The molecule has 0 radical (unpaired) electrons. The van der Waals surface area contributed by atoms with Crippen molar-refractivity contribution in [2.75, 3.05) is 18.4 Å². The first-order chi connectivity index (χ1) is 15.5. The third-order valence-corrected chi connectivity index (χ3v) is 7.79. The summed E-state index contributed by atoms with van der Waals surface area (Å²) in [4.78, 5) is 35.9. The molecule has 168 valence electrons. The van der Waals surface area contributed by atoms with E-state index >= 15 is 0 Å². The van der Waals surface area contributed by atoms with Crippen molar-refractivity contribution in [1.29, 1.82) is 0 Å². The minimum Gasteiger partial charge on any atom is -0.324 e. The second-order valence-corrected chi connectivity index (χ2v) is 10.5. The molecule has 1 saturated heterocycles. The SMILES string of the molecule is O=C(Cn1c(CN2CCCC2)nc2sc3c(c2c1=O)CCCC3)Nc1cc(Cl)cc(Cl)c1. The van der Waals surface area contributed by atoms with E-state index in [1.165, 1.54) is 4.88 Å². The van der Waals surface area contributed by atoms with Gasteiger partial charge in [-0.25, -0.2) is 4.98 Å². The maximum Gasteiger partial charge on any atom is 0.263 e. The monoisotopic (exact) mass is 490 g/mol. The summed E-state index contributed by atoms with van der Waals surface area (Å²) >= 11 is 13.8. The van der Waals surface area contributed by atoms with Gasteiger partial charge in [-0.3, -0.25) is 19.1 Å². The number of hydrogen-bond acceptors (Lipinski definition) is 5. The summed E-state index contributed by atoms with van der Waals surface area (Å²) < 4.78 is 1.56. The predicted octanol–water partition coefficient (Wildman–Crippen LogP) is 4.88. The number of amides is 1. The van der Waals surface area contributed by atoms with Crippen LogP contribution in [0, 0.1) is 0 Å². The summed E-state index contributed by atoms with van der Waals surface area (Å²) in [6.07, 6.45) is 6.45. The predicted molar refractivity (Wildman–Crippen MR) is 130 cm³/mol. The molecule has 5 rings (SSSR count). The van der Waals surface area contributed by atoms with Gasteiger partial charge in [0.15, 0.2) is 0 Å². The number of aryl methyl sites for hydroxylation is 2. The molecule has 0 saturated carbocycles. The smallest absolute Gasteiger partial charge is 0.263 e. The van der Waals surface area contributed by atoms with E-state index in [-0.39, 0.29) is 18.0 Å². The molecule has 2 aromatic heterocycles. The Morgan fingerprint density at radius 3 is 2.53 bits per heavy atom. The highest BCUT2D eigenvalue weighted by molar-refractivity contribution is 7.18. The number of thiophene rings is 1. The van der Waals surface area contributed by atoms with Gasteiger partial charge in [-0.05, 0) is 75.4 Å². The van der Waals surface area contributed by atoms with Crippen LogP contribution >= 0.6 is 34.5 Å². The van der Waals surface area contributed by atoms with Crippen LogP contribution in [-0.2, 0) is 30.7 Å². The van der Waals surface area contributed by atoms with Crippen LogP contribution < -0.4 is 10.9 Å². The molecule has 1 aromatic carbocycles. The van der Waals surface area contributed by atoms with Crippen molar-refractivity contribution in [1.82, 2.24) is 14.5 Å². The van der Waals surface area contributed by atoms with Crippen LogP contribution in [0.5, 0.6) is 0 Å². The highest BCUT2D eigenvalue weighted by Crippen LogP contribution is 2.34. The van der Waals surface area contributed by atoms with Gasteiger partial charge < -0.3 is 5.32 Å². The molecule has 3 heterocycles. The van der Waals surface area contributed by atoms with Gasteiger partial charge in [-0.2, -0.15) is 0 Å². The topological polar surface area (TPSA) is 67.2 Å². The fraction of sp³-hybridized carbons (Fsp3) is 0.435. The van der Waals surface area contributed by atoms with Crippen LogP contribution in [0.2, 0.25) is 10.0 Å². The first-order valence-corrected chi connectivity index (χ1v) is 12.6. The second kappa shape index (κ2) is 9.14. The molecule has 32 heavy (non-hydrogen) atoms. The van der Waals surface area contributed by atoms with Crippen molar-refractivity contribution in [3.05, 3.63) is 54.9 Å². The van der Waals surface area contributed by atoms with E-state index in [4.69, 9.17) is 28.2 Å². The molecule has 0 unspecified atom stereocenters. The van der Waals surface area contributed by atoms with Crippen LogP contribution in [-0.4, -0.2) is 33.4 Å². The fourth-order valence-corrected chi connectivity index (χ4v) is 6.47. The highest BCUT2D eigenvalue weighted by Gasteiger charge is 2.24. The van der Waals surface area contributed by atoms with E-state index < -0.39 is 0 Å². The van der Waals surface area contributed by atoms with Gasteiger partial charge >= 0.3 is 0 Å². The molecule has 2 aliphatic rings. The number of carbonyl (C=O) groups is 1. The second-order valence-electron chi connectivity index (χ2n) is 8.50. The number of likely N-dealkylation sites (tertiary alicyclic amines) is 1. The average molecular weight is 491 g/mol. The lowest BCUT2D eigenvalue weighted by Crippen LogP contribution is -2.33.